The van der Waals surface area contributed by atoms with E-state index in [2.05, 4.69) is 31.1 Å². The van der Waals surface area contributed by atoms with E-state index in [9.17, 15) is 4.79 Å². The summed E-state index contributed by atoms with van der Waals surface area (Å²) in [5.41, 5.74) is 1.11. The lowest BCUT2D eigenvalue weighted by atomic mass is 9.84. The van der Waals surface area contributed by atoms with E-state index in [4.69, 9.17) is 4.74 Å². The number of esters is 1. The van der Waals surface area contributed by atoms with Crippen molar-refractivity contribution in [3.8, 4) is 0 Å². The first-order valence-electron chi connectivity index (χ1n) is 6.71. The van der Waals surface area contributed by atoms with Gasteiger partial charge in [-0.1, -0.05) is 26.8 Å². The van der Waals surface area contributed by atoms with E-state index in [-0.39, 0.29) is 17.4 Å². The molecule has 1 heterocycles. The van der Waals surface area contributed by atoms with Crippen molar-refractivity contribution in [2.75, 3.05) is 6.61 Å². The molecule has 0 aliphatic carbocycles. The molecular formula is C15H24N2O2. The number of nitrogens with one attached hydrogen (secondary N) is 1. The molecule has 0 bridgehead atoms. The molecule has 0 aliphatic rings. The van der Waals surface area contributed by atoms with Crippen LogP contribution >= 0.6 is 0 Å². The maximum atomic E-state index is 11.6. The third-order valence-corrected chi connectivity index (χ3v) is 3.00. The van der Waals surface area contributed by atoms with Gasteiger partial charge in [-0.05, 0) is 24.0 Å². The predicted molar refractivity (Wildman–Crippen MR) is 75.6 cm³/mol. The topological polar surface area (TPSA) is 51.2 Å². The Bertz CT molecular complexity index is 385. The van der Waals surface area contributed by atoms with Crippen LogP contribution in [0, 0.1) is 5.41 Å². The Morgan fingerprint density at radius 2 is 2.21 bits per heavy atom. The summed E-state index contributed by atoms with van der Waals surface area (Å²) in [7, 11) is 0. The van der Waals surface area contributed by atoms with Gasteiger partial charge in [-0.25, -0.2) is 0 Å². The van der Waals surface area contributed by atoms with Crippen LogP contribution in [0.2, 0.25) is 0 Å². The van der Waals surface area contributed by atoms with Gasteiger partial charge in [-0.2, -0.15) is 0 Å². The van der Waals surface area contributed by atoms with Crippen LogP contribution < -0.4 is 5.32 Å². The highest BCUT2D eigenvalue weighted by atomic mass is 16.5. The summed E-state index contributed by atoms with van der Waals surface area (Å²) in [5.74, 6) is -0.152. The van der Waals surface area contributed by atoms with Gasteiger partial charge in [0.05, 0.1) is 13.0 Å². The molecule has 106 valence electrons. The summed E-state index contributed by atoms with van der Waals surface area (Å²) in [6.07, 6.45) is 3.97. The summed E-state index contributed by atoms with van der Waals surface area (Å²) in [4.78, 5) is 15.7. The predicted octanol–water partition coefficient (Wildman–Crippen LogP) is 2.54. The van der Waals surface area contributed by atoms with Gasteiger partial charge in [0.15, 0.2) is 0 Å². The van der Waals surface area contributed by atoms with Gasteiger partial charge in [0.2, 0.25) is 0 Å². The number of carbonyl (C=O) groups is 1. The largest absolute Gasteiger partial charge is 0.466 e. The molecule has 4 heteroatoms. The minimum atomic E-state index is -0.152. The minimum absolute atomic E-state index is 0.00499. The molecule has 0 radical (unpaired) electrons. The third-order valence-electron chi connectivity index (χ3n) is 3.00. The lowest BCUT2D eigenvalue weighted by Gasteiger charge is -2.31. The molecule has 1 unspecified atom stereocenters. The summed E-state index contributed by atoms with van der Waals surface area (Å²) < 4.78 is 5.03. The average Bonchev–Trinajstić information content (AvgIpc) is 2.34. The first kappa shape index (κ1) is 15.6. The molecule has 0 fully saturated rings. The summed E-state index contributed by atoms with van der Waals surface area (Å²) in [6.45, 7) is 9.31. The van der Waals surface area contributed by atoms with Crippen molar-refractivity contribution in [3.05, 3.63) is 30.1 Å². The zero-order valence-electron chi connectivity index (χ0n) is 12.3. The molecule has 0 aromatic carbocycles. The highest BCUT2D eigenvalue weighted by Gasteiger charge is 2.27. The maximum Gasteiger partial charge on any atom is 0.307 e. The lowest BCUT2D eigenvalue weighted by molar-refractivity contribution is -0.144. The summed E-state index contributed by atoms with van der Waals surface area (Å²) in [5, 5.41) is 3.42. The summed E-state index contributed by atoms with van der Waals surface area (Å²) in [6, 6.07) is 4.00. The Morgan fingerprint density at radius 1 is 1.47 bits per heavy atom. The third kappa shape index (κ3) is 5.83. The number of nitrogens with zero attached hydrogens (tertiary/aromatic N) is 1. The Morgan fingerprint density at radius 3 is 2.74 bits per heavy atom. The van der Waals surface area contributed by atoms with Gasteiger partial charge >= 0.3 is 5.97 Å². The van der Waals surface area contributed by atoms with E-state index in [0.717, 1.165) is 5.56 Å². The van der Waals surface area contributed by atoms with Gasteiger partial charge in [0.25, 0.3) is 0 Å². The van der Waals surface area contributed by atoms with Crippen molar-refractivity contribution in [2.45, 2.75) is 46.7 Å². The Kier molecular flexibility index (Phi) is 5.96. The van der Waals surface area contributed by atoms with Crippen LogP contribution in [0.25, 0.3) is 0 Å². The second-order valence-electron chi connectivity index (χ2n) is 5.67. The second kappa shape index (κ2) is 7.24. The molecule has 0 spiro atoms. The van der Waals surface area contributed by atoms with Crippen molar-refractivity contribution >= 4 is 5.97 Å². The van der Waals surface area contributed by atoms with Gasteiger partial charge in [-0.3, -0.25) is 9.78 Å². The fourth-order valence-electron chi connectivity index (χ4n) is 1.81. The lowest BCUT2D eigenvalue weighted by Crippen LogP contribution is -2.41. The number of hydrogen-bond donors (Lipinski definition) is 1. The molecule has 1 atom stereocenters. The number of ether oxygens (including phenoxy) is 1. The van der Waals surface area contributed by atoms with Crippen molar-refractivity contribution in [3.63, 3.8) is 0 Å². The molecular weight excluding hydrogens is 240 g/mol. The molecule has 0 saturated carbocycles. The molecule has 1 aromatic rings. The first-order chi connectivity index (χ1) is 8.93. The van der Waals surface area contributed by atoms with Crippen LogP contribution in [-0.4, -0.2) is 23.6 Å². The van der Waals surface area contributed by atoms with Gasteiger partial charge in [-0.15, -0.1) is 0 Å². The minimum Gasteiger partial charge on any atom is -0.466 e. The monoisotopic (exact) mass is 264 g/mol. The molecule has 0 amide bonds. The van der Waals surface area contributed by atoms with Crippen molar-refractivity contribution in [1.29, 1.82) is 0 Å². The number of hydrogen-bond acceptors (Lipinski definition) is 4. The van der Waals surface area contributed by atoms with Gasteiger partial charge < -0.3 is 10.1 Å². The molecule has 1 N–H and O–H groups in total. The van der Waals surface area contributed by atoms with Crippen molar-refractivity contribution in [1.82, 2.24) is 10.3 Å². The van der Waals surface area contributed by atoms with E-state index in [1.54, 1.807) is 6.20 Å². The van der Waals surface area contributed by atoms with Gasteiger partial charge in [0, 0.05) is 25.0 Å². The Labute approximate surface area is 115 Å². The zero-order valence-corrected chi connectivity index (χ0v) is 12.3. The molecule has 1 rings (SSSR count). The fraction of sp³-hybridized carbons (Fsp3) is 0.600. The molecule has 0 saturated heterocycles. The Hall–Kier alpha value is -1.42. The number of aromatic nitrogens is 1. The average molecular weight is 264 g/mol. The quantitative estimate of drug-likeness (QED) is 0.802. The number of pyridine rings is 1. The summed E-state index contributed by atoms with van der Waals surface area (Å²) >= 11 is 0. The van der Waals surface area contributed by atoms with Crippen molar-refractivity contribution < 1.29 is 9.53 Å². The first-order valence-corrected chi connectivity index (χ1v) is 6.71. The van der Waals surface area contributed by atoms with Crippen LogP contribution in [0.5, 0.6) is 0 Å². The van der Waals surface area contributed by atoms with Gasteiger partial charge in [0.1, 0.15) is 0 Å². The van der Waals surface area contributed by atoms with Crippen LogP contribution in [-0.2, 0) is 16.1 Å². The molecule has 19 heavy (non-hydrogen) atoms. The maximum absolute atomic E-state index is 11.6. The van der Waals surface area contributed by atoms with E-state index in [1.807, 2.05) is 25.3 Å². The second-order valence-corrected chi connectivity index (χ2v) is 5.67. The van der Waals surface area contributed by atoms with E-state index >= 15 is 0 Å². The normalized spacial score (nSPS) is 13.1. The van der Waals surface area contributed by atoms with E-state index in [1.165, 1.54) is 0 Å². The standard InChI is InChI=1S/C15H24N2O2/c1-5-19-14(18)9-13(15(2,3)4)17-11-12-7-6-8-16-10-12/h6-8,10,13,17H,5,9,11H2,1-4H3. The molecule has 1 aromatic heterocycles. The highest BCUT2D eigenvalue weighted by Crippen LogP contribution is 2.22. The Balaban J connectivity index is 2.58. The smallest absolute Gasteiger partial charge is 0.307 e. The highest BCUT2D eigenvalue weighted by molar-refractivity contribution is 5.70. The van der Waals surface area contributed by atoms with Crippen LogP contribution in [0.1, 0.15) is 39.7 Å². The zero-order chi connectivity index (χ0) is 14.3. The SMILES string of the molecule is CCOC(=O)CC(NCc1cccnc1)C(C)(C)C. The fourth-order valence-corrected chi connectivity index (χ4v) is 1.81. The number of carbonyl (C=O) groups excluding carboxylic acids is 1. The van der Waals surface area contributed by atoms with Crippen LogP contribution in [0.3, 0.4) is 0 Å². The number of rotatable bonds is 6. The molecule has 4 nitrogen and oxygen atoms in total. The van der Waals surface area contributed by atoms with E-state index in [0.29, 0.717) is 19.6 Å². The molecule has 0 aliphatic heterocycles. The van der Waals surface area contributed by atoms with Crippen LogP contribution in [0.4, 0.5) is 0 Å². The van der Waals surface area contributed by atoms with Crippen molar-refractivity contribution in [2.24, 2.45) is 5.41 Å². The van der Waals surface area contributed by atoms with E-state index < -0.39 is 0 Å². The van der Waals surface area contributed by atoms with Crippen LogP contribution in [0.15, 0.2) is 24.5 Å².